The fraction of sp³-hybridized carbons (Fsp3) is 0.0714. The van der Waals surface area contributed by atoms with Crippen LogP contribution in [-0.2, 0) is 7.05 Å². The zero-order chi connectivity index (χ0) is 13.2. The Kier molecular flexibility index (Phi) is 2.72. The molecular weight excluding hydrogens is 238 g/mol. The molecular formula is C14H13N5. The Bertz CT molecular complexity index is 703. The van der Waals surface area contributed by atoms with E-state index in [4.69, 9.17) is 5.73 Å². The Morgan fingerprint density at radius 1 is 1.05 bits per heavy atom. The van der Waals surface area contributed by atoms with Gasteiger partial charge in [-0.25, -0.2) is 9.97 Å². The zero-order valence-electron chi connectivity index (χ0n) is 10.5. The lowest BCUT2D eigenvalue weighted by Crippen LogP contribution is -2.01. The van der Waals surface area contributed by atoms with Gasteiger partial charge in [-0.1, -0.05) is 30.3 Å². The minimum Gasteiger partial charge on any atom is -0.384 e. The van der Waals surface area contributed by atoms with Crippen LogP contribution in [0.1, 0.15) is 0 Å². The van der Waals surface area contributed by atoms with Crippen molar-refractivity contribution >= 4 is 5.82 Å². The maximum absolute atomic E-state index is 5.87. The molecule has 0 saturated carbocycles. The molecule has 0 atom stereocenters. The number of hydrogen-bond acceptors (Lipinski definition) is 4. The third-order valence-corrected chi connectivity index (χ3v) is 2.87. The number of anilines is 1. The molecule has 3 rings (SSSR count). The number of hydrogen-bond donors (Lipinski definition) is 1. The number of nitrogens with zero attached hydrogens (tertiary/aromatic N) is 4. The van der Waals surface area contributed by atoms with Crippen molar-refractivity contribution in [2.45, 2.75) is 0 Å². The molecule has 0 bridgehead atoms. The summed E-state index contributed by atoms with van der Waals surface area (Å²) in [4.78, 5) is 8.82. The molecule has 2 N–H and O–H groups in total. The third-order valence-electron chi connectivity index (χ3n) is 2.87. The predicted octanol–water partition coefficient (Wildman–Crippen LogP) is 2.13. The van der Waals surface area contributed by atoms with Gasteiger partial charge in [-0.3, -0.25) is 4.68 Å². The number of aromatic nitrogens is 4. The fourth-order valence-corrected chi connectivity index (χ4v) is 1.93. The van der Waals surface area contributed by atoms with Gasteiger partial charge in [0.1, 0.15) is 11.5 Å². The van der Waals surface area contributed by atoms with E-state index in [1.807, 2.05) is 43.4 Å². The van der Waals surface area contributed by atoms with E-state index in [1.165, 1.54) is 0 Å². The van der Waals surface area contributed by atoms with E-state index in [9.17, 15) is 0 Å². The van der Waals surface area contributed by atoms with E-state index in [1.54, 1.807) is 16.9 Å². The van der Waals surface area contributed by atoms with Crippen molar-refractivity contribution in [2.75, 3.05) is 5.73 Å². The Balaban J connectivity index is 2.14. The van der Waals surface area contributed by atoms with E-state index in [0.717, 1.165) is 17.0 Å². The smallest absolute Gasteiger partial charge is 0.180 e. The molecule has 1 aromatic carbocycles. The highest BCUT2D eigenvalue weighted by Crippen LogP contribution is 2.22. The fourth-order valence-electron chi connectivity index (χ4n) is 1.93. The minimum atomic E-state index is 0.449. The second kappa shape index (κ2) is 4.53. The van der Waals surface area contributed by atoms with Crippen molar-refractivity contribution in [1.29, 1.82) is 0 Å². The van der Waals surface area contributed by atoms with Crippen LogP contribution in [0.25, 0.3) is 22.8 Å². The third kappa shape index (κ3) is 2.18. The average Bonchev–Trinajstić information content (AvgIpc) is 2.85. The molecule has 0 spiro atoms. The molecule has 5 heteroatoms. The Labute approximate surface area is 110 Å². The summed E-state index contributed by atoms with van der Waals surface area (Å²) in [6.45, 7) is 0. The first-order chi connectivity index (χ1) is 9.24. The van der Waals surface area contributed by atoms with Crippen LogP contribution in [0.2, 0.25) is 0 Å². The molecule has 19 heavy (non-hydrogen) atoms. The summed E-state index contributed by atoms with van der Waals surface area (Å²) >= 11 is 0. The molecule has 0 radical (unpaired) electrons. The first-order valence-electron chi connectivity index (χ1n) is 5.92. The maximum atomic E-state index is 5.87. The molecule has 0 aliphatic carbocycles. The summed E-state index contributed by atoms with van der Waals surface area (Å²) in [7, 11) is 1.85. The van der Waals surface area contributed by atoms with Gasteiger partial charge in [-0.15, -0.1) is 0 Å². The molecule has 94 valence electrons. The van der Waals surface area contributed by atoms with Crippen LogP contribution in [0.15, 0.2) is 48.7 Å². The molecule has 2 heterocycles. The lowest BCUT2D eigenvalue weighted by Gasteiger charge is -2.06. The van der Waals surface area contributed by atoms with Crippen LogP contribution < -0.4 is 5.73 Å². The average molecular weight is 251 g/mol. The van der Waals surface area contributed by atoms with Gasteiger partial charge in [0, 0.05) is 24.9 Å². The summed E-state index contributed by atoms with van der Waals surface area (Å²) in [6.07, 6.45) is 1.71. The van der Waals surface area contributed by atoms with Gasteiger partial charge >= 0.3 is 0 Å². The SMILES string of the molecule is Cn1nccc1-c1nc(N)cc(-c2ccccc2)n1. The van der Waals surface area contributed by atoms with Gasteiger partial charge < -0.3 is 5.73 Å². The number of nitrogen functional groups attached to an aromatic ring is 1. The quantitative estimate of drug-likeness (QED) is 0.757. The molecule has 2 aromatic heterocycles. The van der Waals surface area contributed by atoms with Crippen molar-refractivity contribution in [3.8, 4) is 22.8 Å². The zero-order valence-corrected chi connectivity index (χ0v) is 10.5. The van der Waals surface area contributed by atoms with Crippen LogP contribution in [0, 0.1) is 0 Å². The second-order valence-corrected chi connectivity index (χ2v) is 4.21. The molecule has 0 fully saturated rings. The van der Waals surface area contributed by atoms with E-state index < -0.39 is 0 Å². The number of nitrogens with two attached hydrogens (primary N) is 1. The molecule has 0 aliphatic heterocycles. The van der Waals surface area contributed by atoms with Crippen molar-refractivity contribution in [3.63, 3.8) is 0 Å². The molecule has 3 aromatic rings. The van der Waals surface area contributed by atoms with Gasteiger partial charge in [0.05, 0.1) is 5.69 Å². The van der Waals surface area contributed by atoms with Gasteiger partial charge in [0.15, 0.2) is 5.82 Å². The Morgan fingerprint density at radius 3 is 2.53 bits per heavy atom. The summed E-state index contributed by atoms with van der Waals surface area (Å²) in [5, 5.41) is 4.12. The number of aryl methyl sites for hydroxylation is 1. The van der Waals surface area contributed by atoms with E-state index >= 15 is 0 Å². The van der Waals surface area contributed by atoms with Crippen LogP contribution in [0.5, 0.6) is 0 Å². The van der Waals surface area contributed by atoms with E-state index in [0.29, 0.717) is 11.6 Å². The standard InChI is InChI=1S/C14H13N5/c1-19-12(7-8-16-19)14-17-11(9-13(15)18-14)10-5-3-2-4-6-10/h2-9H,1H3,(H2,15,17,18). The molecule has 0 aliphatic rings. The van der Waals surface area contributed by atoms with Crippen LogP contribution in [0.3, 0.4) is 0 Å². The largest absolute Gasteiger partial charge is 0.384 e. The monoisotopic (exact) mass is 251 g/mol. The lowest BCUT2D eigenvalue weighted by molar-refractivity contribution is 0.770. The first kappa shape index (κ1) is 11.4. The molecule has 0 saturated heterocycles. The highest BCUT2D eigenvalue weighted by atomic mass is 15.3. The van der Waals surface area contributed by atoms with Crippen molar-refractivity contribution in [3.05, 3.63) is 48.7 Å². The van der Waals surface area contributed by atoms with E-state index in [2.05, 4.69) is 15.1 Å². The van der Waals surface area contributed by atoms with Crippen molar-refractivity contribution in [2.24, 2.45) is 7.05 Å². The van der Waals surface area contributed by atoms with Crippen molar-refractivity contribution < 1.29 is 0 Å². The summed E-state index contributed by atoms with van der Waals surface area (Å²) in [5.74, 6) is 1.03. The minimum absolute atomic E-state index is 0.449. The lowest BCUT2D eigenvalue weighted by atomic mass is 10.1. The van der Waals surface area contributed by atoms with Gasteiger partial charge in [0.2, 0.25) is 0 Å². The highest BCUT2D eigenvalue weighted by Gasteiger charge is 2.09. The molecule has 5 nitrogen and oxygen atoms in total. The van der Waals surface area contributed by atoms with Gasteiger partial charge in [-0.05, 0) is 6.07 Å². The van der Waals surface area contributed by atoms with Crippen LogP contribution in [-0.4, -0.2) is 19.7 Å². The van der Waals surface area contributed by atoms with Crippen molar-refractivity contribution in [1.82, 2.24) is 19.7 Å². The number of rotatable bonds is 2. The second-order valence-electron chi connectivity index (χ2n) is 4.21. The van der Waals surface area contributed by atoms with Gasteiger partial charge in [-0.2, -0.15) is 5.10 Å². The predicted molar refractivity (Wildman–Crippen MR) is 74.1 cm³/mol. The van der Waals surface area contributed by atoms with E-state index in [-0.39, 0.29) is 0 Å². The number of benzene rings is 1. The summed E-state index contributed by atoms with van der Waals surface area (Å²) in [6, 6.07) is 13.5. The summed E-state index contributed by atoms with van der Waals surface area (Å²) < 4.78 is 1.73. The Hall–Kier alpha value is -2.69. The first-order valence-corrected chi connectivity index (χ1v) is 5.92. The molecule has 0 unspecified atom stereocenters. The highest BCUT2D eigenvalue weighted by molar-refractivity contribution is 5.65. The Morgan fingerprint density at radius 2 is 1.84 bits per heavy atom. The van der Waals surface area contributed by atoms with Crippen LogP contribution >= 0.6 is 0 Å². The topological polar surface area (TPSA) is 69.6 Å². The normalized spacial score (nSPS) is 10.6. The van der Waals surface area contributed by atoms with Crippen LogP contribution in [0.4, 0.5) is 5.82 Å². The summed E-state index contributed by atoms with van der Waals surface area (Å²) in [5.41, 5.74) is 8.53. The van der Waals surface area contributed by atoms with Gasteiger partial charge in [0.25, 0.3) is 0 Å². The maximum Gasteiger partial charge on any atom is 0.180 e. The molecule has 0 amide bonds.